The van der Waals surface area contributed by atoms with E-state index in [0.717, 1.165) is 31.6 Å². The van der Waals surface area contributed by atoms with Crippen LogP contribution in [0, 0.1) is 11.8 Å². The summed E-state index contributed by atoms with van der Waals surface area (Å²) in [6, 6.07) is -0.340. The van der Waals surface area contributed by atoms with Gasteiger partial charge < -0.3 is 15.5 Å². The van der Waals surface area contributed by atoms with E-state index >= 15 is 0 Å². The van der Waals surface area contributed by atoms with Crippen molar-refractivity contribution in [2.45, 2.75) is 44.6 Å². The van der Waals surface area contributed by atoms with Crippen LogP contribution in [0.2, 0.25) is 0 Å². The first-order valence-corrected chi connectivity index (χ1v) is 9.51. The van der Waals surface area contributed by atoms with Gasteiger partial charge in [0.1, 0.15) is 6.04 Å². The molecule has 4 aliphatic rings. The molecule has 134 valence electrons. The number of hydrogen-bond donors (Lipinski definition) is 2. The van der Waals surface area contributed by atoms with Crippen LogP contribution in [-0.4, -0.2) is 42.4 Å². The number of nitrogens with zero attached hydrogens (tertiary/aromatic N) is 1. The zero-order chi connectivity index (χ0) is 17.4. The van der Waals surface area contributed by atoms with Gasteiger partial charge in [-0.25, -0.2) is 0 Å². The predicted molar refractivity (Wildman–Crippen MR) is 96.5 cm³/mol. The Hall–Kier alpha value is -1.88. The van der Waals surface area contributed by atoms with Gasteiger partial charge in [0.05, 0.1) is 0 Å². The number of likely N-dealkylation sites (tertiary alicyclic amines) is 1. The third-order valence-corrected chi connectivity index (χ3v) is 6.12. The Balaban J connectivity index is 1.50. The van der Waals surface area contributed by atoms with Gasteiger partial charge in [0.15, 0.2) is 0 Å². The summed E-state index contributed by atoms with van der Waals surface area (Å²) in [4.78, 5) is 26.7. The Morgan fingerprint density at radius 3 is 2.68 bits per heavy atom. The summed E-state index contributed by atoms with van der Waals surface area (Å²) in [7, 11) is 0. The highest BCUT2D eigenvalue weighted by atomic mass is 16.2. The molecule has 0 aromatic rings. The molecule has 1 aliphatic carbocycles. The van der Waals surface area contributed by atoms with Crippen LogP contribution >= 0.6 is 0 Å². The lowest BCUT2D eigenvalue weighted by Crippen LogP contribution is -2.54. The van der Waals surface area contributed by atoms with Crippen molar-refractivity contribution in [1.82, 2.24) is 15.5 Å². The standard InChI is InChI=1S/C20H27N3O2/c1-13-2-5-18(20(25)22-13)23-12-17-10-15(14-6-8-21-9-7-14)3-4-16(17)11-19(23)24/h3,10,14,16,18,21H,1-2,4-9,11-12H2,(H,22,25)/t16-,18?/m1/s1. The zero-order valence-electron chi connectivity index (χ0n) is 14.7. The third kappa shape index (κ3) is 3.30. The minimum Gasteiger partial charge on any atom is -0.329 e. The molecule has 3 heterocycles. The zero-order valence-corrected chi connectivity index (χ0v) is 14.7. The number of amides is 2. The number of hydrogen-bond acceptors (Lipinski definition) is 3. The van der Waals surface area contributed by atoms with Gasteiger partial charge in [0.25, 0.3) is 0 Å². The molecule has 5 nitrogen and oxygen atoms in total. The number of allylic oxidation sites excluding steroid dienone is 4. The van der Waals surface area contributed by atoms with Crippen molar-refractivity contribution in [2.75, 3.05) is 19.6 Å². The van der Waals surface area contributed by atoms with Gasteiger partial charge in [-0.1, -0.05) is 18.7 Å². The van der Waals surface area contributed by atoms with Gasteiger partial charge in [-0.15, -0.1) is 0 Å². The summed E-state index contributed by atoms with van der Waals surface area (Å²) in [5.74, 6) is 1.01. The van der Waals surface area contributed by atoms with E-state index in [2.05, 4.69) is 29.4 Å². The lowest BCUT2D eigenvalue weighted by atomic mass is 9.78. The van der Waals surface area contributed by atoms with E-state index in [0.29, 0.717) is 31.2 Å². The fourth-order valence-corrected chi connectivity index (χ4v) is 4.61. The van der Waals surface area contributed by atoms with Crippen molar-refractivity contribution in [1.29, 1.82) is 0 Å². The van der Waals surface area contributed by atoms with Gasteiger partial charge in [0, 0.05) is 18.7 Å². The first-order chi connectivity index (χ1) is 12.1. The van der Waals surface area contributed by atoms with E-state index in [1.165, 1.54) is 24.0 Å². The summed E-state index contributed by atoms with van der Waals surface area (Å²) in [5, 5.41) is 6.24. The van der Waals surface area contributed by atoms with Gasteiger partial charge >= 0.3 is 0 Å². The highest BCUT2D eigenvalue weighted by Gasteiger charge is 2.39. The van der Waals surface area contributed by atoms with E-state index < -0.39 is 0 Å². The number of fused-ring (bicyclic) bond motifs is 1. The predicted octanol–water partition coefficient (Wildman–Crippen LogP) is 1.88. The van der Waals surface area contributed by atoms with Crippen LogP contribution in [-0.2, 0) is 9.59 Å². The molecule has 2 amide bonds. The lowest BCUT2D eigenvalue weighted by Gasteiger charge is -2.41. The molecule has 1 unspecified atom stereocenters. The van der Waals surface area contributed by atoms with Crippen LogP contribution in [0.5, 0.6) is 0 Å². The molecule has 0 bridgehead atoms. The molecule has 3 aliphatic heterocycles. The SMILES string of the molecule is C=C1CCC(N2CC3=CC(C4CCNCC4)=CC[C@@H]3CC2=O)C(=O)N1. The summed E-state index contributed by atoms with van der Waals surface area (Å²) < 4.78 is 0. The normalized spacial score (nSPS) is 31.2. The second-order valence-electron chi connectivity index (χ2n) is 7.75. The third-order valence-electron chi connectivity index (χ3n) is 6.12. The second kappa shape index (κ2) is 6.79. The minimum absolute atomic E-state index is 0.0754. The Kier molecular flexibility index (Phi) is 4.50. The van der Waals surface area contributed by atoms with E-state index in [-0.39, 0.29) is 17.9 Å². The van der Waals surface area contributed by atoms with Crippen molar-refractivity contribution < 1.29 is 9.59 Å². The molecule has 3 saturated heterocycles. The molecule has 4 rings (SSSR count). The first kappa shape index (κ1) is 16.6. The van der Waals surface area contributed by atoms with Crippen LogP contribution in [0.15, 0.2) is 35.6 Å². The molecule has 0 spiro atoms. The van der Waals surface area contributed by atoms with E-state index in [4.69, 9.17) is 0 Å². The van der Waals surface area contributed by atoms with Crippen LogP contribution in [0.4, 0.5) is 0 Å². The lowest BCUT2D eigenvalue weighted by molar-refractivity contribution is -0.142. The van der Waals surface area contributed by atoms with Crippen molar-refractivity contribution in [3.8, 4) is 0 Å². The summed E-state index contributed by atoms with van der Waals surface area (Å²) in [6.07, 6.45) is 10.0. The number of piperidine rings is 3. The van der Waals surface area contributed by atoms with Crippen LogP contribution in [0.1, 0.15) is 38.5 Å². The number of rotatable bonds is 2. The molecule has 2 N–H and O–H groups in total. The van der Waals surface area contributed by atoms with Gasteiger partial charge in [-0.2, -0.15) is 0 Å². The van der Waals surface area contributed by atoms with Gasteiger partial charge in [-0.3, -0.25) is 9.59 Å². The first-order valence-electron chi connectivity index (χ1n) is 9.51. The molecule has 0 saturated carbocycles. The van der Waals surface area contributed by atoms with Crippen LogP contribution in [0.25, 0.3) is 0 Å². The number of nitrogens with one attached hydrogen (secondary N) is 2. The highest BCUT2D eigenvalue weighted by Crippen LogP contribution is 2.37. The molecule has 3 fully saturated rings. The fourth-order valence-electron chi connectivity index (χ4n) is 4.61. The summed E-state index contributed by atoms with van der Waals surface area (Å²) in [5.41, 5.74) is 3.55. The van der Waals surface area contributed by atoms with Crippen molar-refractivity contribution in [2.24, 2.45) is 11.8 Å². The molecule has 0 aromatic heterocycles. The molecular formula is C20H27N3O2. The summed E-state index contributed by atoms with van der Waals surface area (Å²) >= 11 is 0. The van der Waals surface area contributed by atoms with Crippen LogP contribution in [0.3, 0.4) is 0 Å². The minimum atomic E-state index is -0.340. The second-order valence-corrected chi connectivity index (χ2v) is 7.75. The number of carbonyl (C=O) groups excluding carboxylic acids is 2. The Morgan fingerprint density at radius 2 is 1.92 bits per heavy atom. The topological polar surface area (TPSA) is 61.4 Å². The highest BCUT2D eigenvalue weighted by molar-refractivity contribution is 5.90. The molecule has 0 radical (unpaired) electrons. The Morgan fingerprint density at radius 1 is 1.12 bits per heavy atom. The molecule has 2 atom stereocenters. The molecular weight excluding hydrogens is 314 g/mol. The van der Waals surface area contributed by atoms with Crippen molar-refractivity contribution >= 4 is 11.8 Å². The van der Waals surface area contributed by atoms with Crippen molar-refractivity contribution in [3.05, 3.63) is 35.6 Å². The number of carbonyl (C=O) groups is 2. The van der Waals surface area contributed by atoms with Crippen LogP contribution < -0.4 is 10.6 Å². The van der Waals surface area contributed by atoms with Crippen molar-refractivity contribution in [3.63, 3.8) is 0 Å². The molecule has 5 heteroatoms. The average molecular weight is 341 g/mol. The average Bonchev–Trinajstić information content (AvgIpc) is 2.62. The van der Waals surface area contributed by atoms with Gasteiger partial charge in [-0.05, 0) is 68.2 Å². The van der Waals surface area contributed by atoms with E-state index in [9.17, 15) is 9.59 Å². The molecule has 25 heavy (non-hydrogen) atoms. The Bertz CT molecular complexity index is 658. The van der Waals surface area contributed by atoms with Gasteiger partial charge in [0.2, 0.25) is 11.8 Å². The smallest absolute Gasteiger partial charge is 0.246 e. The summed E-state index contributed by atoms with van der Waals surface area (Å²) in [6.45, 7) is 6.62. The fraction of sp³-hybridized carbons (Fsp3) is 0.600. The quantitative estimate of drug-likeness (QED) is 0.806. The maximum Gasteiger partial charge on any atom is 0.246 e. The van der Waals surface area contributed by atoms with E-state index in [1.54, 1.807) is 4.90 Å². The maximum absolute atomic E-state index is 12.6. The molecule has 0 aromatic carbocycles. The Labute approximate surface area is 149 Å². The van der Waals surface area contributed by atoms with E-state index in [1.807, 2.05) is 0 Å². The largest absolute Gasteiger partial charge is 0.329 e. The maximum atomic E-state index is 12.6. The monoisotopic (exact) mass is 341 g/mol.